The smallest absolute Gasteiger partial charge is 0.243 e. The Morgan fingerprint density at radius 3 is 2.80 bits per heavy atom. The first kappa shape index (κ1) is 15.4. The Morgan fingerprint density at radius 1 is 1.45 bits per heavy atom. The van der Waals surface area contributed by atoms with E-state index in [9.17, 15) is 8.42 Å². The van der Waals surface area contributed by atoms with E-state index in [1.807, 2.05) is 6.07 Å². The van der Waals surface area contributed by atoms with Crippen molar-refractivity contribution in [1.29, 1.82) is 0 Å². The van der Waals surface area contributed by atoms with Gasteiger partial charge >= 0.3 is 0 Å². The summed E-state index contributed by atoms with van der Waals surface area (Å²) in [7, 11) is -1.89. The van der Waals surface area contributed by atoms with Gasteiger partial charge in [0.15, 0.2) is 0 Å². The molecule has 2 N–H and O–H groups in total. The summed E-state index contributed by atoms with van der Waals surface area (Å²) in [6.07, 6.45) is 1.93. The Bertz CT molecular complexity index is 566. The van der Waals surface area contributed by atoms with Crippen LogP contribution in [-0.2, 0) is 21.3 Å². The maximum atomic E-state index is 12.6. The molecule has 6 heteroatoms. The van der Waals surface area contributed by atoms with Gasteiger partial charge in [0.2, 0.25) is 10.0 Å². The maximum Gasteiger partial charge on any atom is 0.243 e. The van der Waals surface area contributed by atoms with E-state index in [0.29, 0.717) is 18.0 Å². The summed E-state index contributed by atoms with van der Waals surface area (Å²) in [6, 6.07) is 5.23. The van der Waals surface area contributed by atoms with Crippen molar-refractivity contribution in [3.05, 3.63) is 29.3 Å². The topological polar surface area (TPSA) is 72.6 Å². The van der Waals surface area contributed by atoms with Crippen LogP contribution in [0.2, 0.25) is 0 Å². The van der Waals surface area contributed by atoms with E-state index in [1.165, 1.54) is 4.31 Å². The number of benzene rings is 1. The standard InChI is InChI=1S/C14H22N2O3S/c1-11-12(9-15)5-3-7-14(11)20(17,18)16(2)10-13-6-4-8-19-13/h3,5,7,13H,4,6,8-10,15H2,1-2H3. The SMILES string of the molecule is Cc1c(CN)cccc1S(=O)(=O)N(C)CC1CCCO1. The van der Waals surface area contributed by atoms with Gasteiger partial charge in [-0.3, -0.25) is 0 Å². The molecular formula is C14H22N2O3S. The molecule has 5 nitrogen and oxygen atoms in total. The molecule has 0 radical (unpaired) electrons. The summed E-state index contributed by atoms with van der Waals surface area (Å²) in [4.78, 5) is 0.334. The van der Waals surface area contributed by atoms with Gasteiger partial charge in [-0.15, -0.1) is 0 Å². The zero-order valence-electron chi connectivity index (χ0n) is 12.0. The van der Waals surface area contributed by atoms with E-state index in [4.69, 9.17) is 10.5 Å². The normalized spacial score (nSPS) is 19.7. The molecule has 1 fully saturated rings. The monoisotopic (exact) mass is 298 g/mol. The van der Waals surface area contributed by atoms with Gasteiger partial charge < -0.3 is 10.5 Å². The first-order valence-corrected chi connectivity index (χ1v) is 8.27. The van der Waals surface area contributed by atoms with Crippen LogP contribution >= 0.6 is 0 Å². The molecule has 0 aliphatic carbocycles. The molecule has 2 rings (SSSR count). The molecule has 0 spiro atoms. The minimum absolute atomic E-state index is 0.00720. The Labute approximate surface area is 120 Å². The van der Waals surface area contributed by atoms with Gasteiger partial charge in [0, 0.05) is 26.7 Å². The molecule has 1 atom stereocenters. The van der Waals surface area contributed by atoms with E-state index in [1.54, 1.807) is 26.1 Å². The third-order valence-electron chi connectivity index (χ3n) is 3.79. The highest BCUT2D eigenvalue weighted by Crippen LogP contribution is 2.23. The Balaban J connectivity index is 2.25. The highest BCUT2D eigenvalue weighted by Gasteiger charge is 2.27. The average Bonchev–Trinajstić information content (AvgIpc) is 2.91. The van der Waals surface area contributed by atoms with E-state index < -0.39 is 10.0 Å². The predicted molar refractivity (Wildman–Crippen MR) is 77.9 cm³/mol. The largest absolute Gasteiger partial charge is 0.377 e. The molecular weight excluding hydrogens is 276 g/mol. The number of nitrogens with two attached hydrogens (primary N) is 1. The summed E-state index contributed by atoms with van der Waals surface area (Å²) < 4.78 is 32.2. The molecule has 1 saturated heterocycles. The molecule has 1 heterocycles. The summed E-state index contributed by atoms with van der Waals surface area (Å²) in [5.74, 6) is 0. The van der Waals surface area contributed by atoms with Crippen molar-refractivity contribution in [2.45, 2.75) is 37.3 Å². The van der Waals surface area contributed by atoms with Crippen LogP contribution in [0.25, 0.3) is 0 Å². The molecule has 1 aromatic rings. The molecule has 1 aliphatic rings. The van der Waals surface area contributed by atoms with Gasteiger partial charge in [-0.05, 0) is 37.0 Å². The zero-order chi connectivity index (χ0) is 14.8. The Hall–Kier alpha value is -0.950. The Kier molecular flexibility index (Phi) is 4.80. The molecule has 1 unspecified atom stereocenters. The Morgan fingerprint density at radius 2 is 2.20 bits per heavy atom. The quantitative estimate of drug-likeness (QED) is 0.888. The van der Waals surface area contributed by atoms with Crippen molar-refractivity contribution in [3.63, 3.8) is 0 Å². The lowest BCUT2D eigenvalue weighted by atomic mass is 10.1. The number of hydrogen-bond acceptors (Lipinski definition) is 4. The van der Waals surface area contributed by atoms with Crippen molar-refractivity contribution >= 4 is 10.0 Å². The van der Waals surface area contributed by atoms with Crippen LogP contribution in [0, 0.1) is 6.92 Å². The van der Waals surface area contributed by atoms with Gasteiger partial charge in [0.1, 0.15) is 0 Å². The lowest BCUT2D eigenvalue weighted by molar-refractivity contribution is 0.0979. The van der Waals surface area contributed by atoms with Gasteiger partial charge in [0.05, 0.1) is 11.0 Å². The predicted octanol–water partition coefficient (Wildman–Crippen LogP) is 1.25. The fourth-order valence-corrected chi connectivity index (χ4v) is 3.97. The third kappa shape index (κ3) is 3.03. The highest BCUT2D eigenvalue weighted by atomic mass is 32.2. The van der Waals surface area contributed by atoms with Crippen LogP contribution in [0.5, 0.6) is 0 Å². The number of rotatable bonds is 5. The fourth-order valence-electron chi connectivity index (χ4n) is 2.50. The van der Waals surface area contributed by atoms with E-state index in [-0.39, 0.29) is 6.10 Å². The van der Waals surface area contributed by atoms with Gasteiger partial charge in [0.25, 0.3) is 0 Å². The molecule has 0 saturated carbocycles. The van der Waals surface area contributed by atoms with Crippen LogP contribution in [-0.4, -0.2) is 39.0 Å². The van der Waals surface area contributed by atoms with E-state index in [2.05, 4.69) is 0 Å². The van der Waals surface area contributed by atoms with Crippen molar-refractivity contribution in [3.8, 4) is 0 Å². The molecule has 0 bridgehead atoms. The van der Waals surface area contributed by atoms with Crippen molar-refractivity contribution in [2.75, 3.05) is 20.2 Å². The summed E-state index contributed by atoms with van der Waals surface area (Å²) in [6.45, 7) is 3.26. The van der Waals surface area contributed by atoms with Crippen LogP contribution in [0.3, 0.4) is 0 Å². The minimum Gasteiger partial charge on any atom is -0.377 e. The zero-order valence-corrected chi connectivity index (χ0v) is 12.8. The van der Waals surface area contributed by atoms with Gasteiger partial charge in [-0.25, -0.2) is 8.42 Å². The molecule has 1 aliphatic heterocycles. The third-order valence-corrected chi connectivity index (χ3v) is 5.76. The van der Waals surface area contributed by atoms with E-state index in [0.717, 1.165) is 30.6 Å². The van der Waals surface area contributed by atoms with Gasteiger partial charge in [-0.1, -0.05) is 12.1 Å². The summed E-state index contributed by atoms with van der Waals surface area (Å²) >= 11 is 0. The molecule has 1 aromatic carbocycles. The van der Waals surface area contributed by atoms with Crippen molar-refractivity contribution < 1.29 is 13.2 Å². The minimum atomic E-state index is -3.49. The first-order chi connectivity index (χ1) is 9.46. The molecule has 0 aromatic heterocycles. The number of ether oxygens (including phenoxy) is 1. The number of hydrogen-bond donors (Lipinski definition) is 1. The van der Waals surface area contributed by atoms with Crippen LogP contribution < -0.4 is 5.73 Å². The average molecular weight is 298 g/mol. The van der Waals surface area contributed by atoms with Crippen molar-refractivity contribution in [2.24, 2.45) is 5.73 Å². The summed E-state index contributed by atoms with van der Waals surface area (Å²) in [5, 5.41) is 0. The maximum absolute atomic E-state index is 12.6. The number of sulfonamides is 1. The van der Waals surface area contributed by atoms with E-state index >= 15 is 0 Å². The second-order valence-electron chi connectivity index (χ2n) is 5.16. The highest BCUT2D eigenvalue weighted by molar-refractivity contribution is 7.89. The second kappa shape index (κ2) is 6.22. The fraction of sp³-hybridized carbons (Fsp3) is 0.571. The van der Waals surface area contributed by atoms with Crippen molar-refractivity contribution in [1.82, 2.24) is 4.31 Å². The van der Waals surface area contributed by atoms with Crippen LogP contribution in [0.4, 0.5) is 0 Å². The lowest BCUT2D eigenvalue weighted by Crippen LogP contribution is -2.34. The van der Waals surface area contributed by atoms with Gasteiger partial charge in [-0.2, -0.15) is 4.31 Å². The number of nitrogens with zero attached hydrogens (tertiary/aromatic N) is 1. The molecule has 112 valence electrons. The molecule has 0 amide bonds. The van der Waals surface area contributed by atoms with Crippen LogP contribution in [0.1, 0.15) is 24.0 Å². The first-order valence-electron chi connectivity index (χ1n) is 6.83. The second-order valence-corrected chi connectivity index (χ2v) is 7.18. The van der Waals surface area contributed by atoms with Crippen LogP contribution in [0.15, 0.2) is 23.1 Å². The summed E-state index contributed by atoms with van der Waals surface area (Å²) in [5.41, 5.74) is 7.23. The number of likely N-dealkylation sites (N-methyl/N-ethyl adjacent to an activating group) is 1. The lowest BCUT2D eigenvalue weighted by Gasteiger charge is -2.22. The molecule has 20 heavy (non-hydrogen) atoms.